The fourth-order valence-corrected chi connectivity index (χ4v) is 5.34. The molecular weight excluding hydrogens is 489 g/mol. The summed E-state index contributed by atoms with van der Waals surface area (Å²) >= 11 is 3.22. The van der Waals surface area contributed by atoms with Crippen LogP contribution in [-0.4, -0.2) is 41.8 Å². The summed E-state index contributed by atoms with van der Waals surface area (Å²) in [6.07, 6.45) is -0.580. The van der Waals surface area contributed by atoms with E-state index in [2.05, 4.69) is 28.1 Å². The van der Waals surface area contributed by atoms with Gasteiger partial charge < -0.3 is 14.7 Å². The van der Waals surface area contributed by atoms with Crippen molar-refractivity contribution in [2.24, 2.45) is 5.92 Å². The van der Waals surface area contributed by atoms with Crippen LogP contribution in [0.1, 0.15) is 28.5 Å². The molecule has 3 aromatic carbocycles. The number of nitrogens with zero attached hydrogens (tertiary/aromatic N) is 1. The van der Waals surface area contributed by atoms with Gasteiger partial charge in [-0.15, -0.1) is 0 Å². The standard InChI is InChI=1S/C26H21BrFNO4/c27-15-9-10-20(24(28)11-15)21-12-29(13-22(21)25(30)31)26(32)33-14-23-18-7-3-1-5-16(18)17-6-2-4-8-19(17)23/h1-11,21-23H,12-14H2,(H,30,31)/t21-,22+/m0/s1. The molecule has 0 unspecified atom stereocenters. The van der Waals surface area contributed by atoms with Gasteiger partial charge in [-0.25, -0.2) is 9.18 Å². The number of hydrogen-bond acceptors (Lipinski definition) is 3. The minimum absolute atomic E-state index is 0.0216. The third kappa shape index (κ3) is 3.91. The minimum atomic E-state index is -1.06. The molecule has 5 nitrogen and oxygen atoms in total. The summed E-state index contributed by atoms with van der Waals surface area (Å²) in [5, 5.41) is 9.70. The maximum Gasteiger partial charge on any atom is 0.409 e. The predicted molar refractivity (Wildman–Crippen MR) is 125 cm³/mol. The summed E-state index contributed by atoms with van der Waals surface area (Å²) in [4.78, 5) is 26.2. The minimum Gasteiger partial charge on any atom is -0.481 e. The number of likely N-dealkylation sites (tertiary alicyclic amines) is 1. The van der Waals surface area contributed by atoms with E-state index in [1.807, 2.05) is 36.4 Å². The van der Waals surface area contributed by atoms with Crippen molar-refractivity contribution in [3.8, 4) is 11.1 Å². The van der Waals surface area contributed by atoms with Gasteiger partial charge >= 0.3 is 12.1 Å². The van der Waals surface area contributed by atoms with Crippen LogP contribution in [0.3, 0.4) is 0 Å². The van der Waals surface area contributed by atoms with Crippen LogP contribution in [0.25, 0.3) is 11.1 Å². The van der Waals surface area contributed by atoms with Crippen molar-refractivity contribution >= 4 is 28.0 Å². The lowest BCUT2D eigenvalue weighted by atomic mass is 9.89. The highest BCUT2D eigenvalue weighted by molar-refractivity contribution is 9.10. The van der Waals surface area contributed by atoms with E-state index >= 15 is 0 Å². The first kappa shape index (κ1) is 21.6. The van der Waals surface area contributed by atoms with E-state index in [0.717, 1.165) is 22.3 Å². The zero-order chi connectivity index (χ0) is 23.1. The van der Waals surface area contributed by atoms with Crippen molar-refractivity contribution in [3.63, 3.8) is 0 Å². The number of carbonyl (C=O) groups excluding carboxylic acids is 1. The Hall–Kier alpha value is -3.19. The van der Waals surface area contributed by atoms with Crippen molar-refractivity contribution < 1.29 is 23.8 Å². The zero-order valence-corrected chi connectivity index (χ0v) is 19.2. The van der Waals surface area contributed by atoms with Crippen molar-refractivity contribution in [1.29, 1.82) is 0 Å². The third-order valence-electron chi connectivity index (χ3n) is 6.59. The zero-order valence-electron chi connectivity index (χ0n) is 17.6. The molecule has 1 N–H and O–H groups in total. The molecule has 0 radical (unpaired) electrons. The molecule has 0 spiro atoms. The molecule has 7 heteroatoms. The van der Waals surface area contributed by atoms with Gasteiger partial charge in [0.1, 0.15) is 12.4 Å². The smallest absolute Gasteiger partial charge is 0.409 e. The van der Waals surface area contributed by atoms with E-state index in [1.165, 1.54) is 11.0 Å². The van der Waals surface area contributed by atoms with Gasteiger partial charge in [-0.05, 0) is 39.9 Å². The molecule has 33 heavy (non-hydrogen) atoms. The lowest BCUT2D eigenvalue weighted by Crippen LogP contribution is -2.31. The van der Waals surface area contributed by atoms with Crippen LogP contribution in [0.4, 0.5) is 9.18 Å². The number of aliphatic carboxylic acids is 1. The molecule has 1 heterocycles. The number of rotatable bonds is 4. The summed E-state index contributed by atoms with van der Waals surface area (Å²) in [5.41, 5.74) is 4.76. The molecule has 2 aliphatic rings. The van der Waals surface area contributed by atoms with Crippen molar-refractivity contribution in [1.82, 2.24) is 4.90 Å². The summed E-state index contributed by atoms with van der Waals surface area (Å²) < 4.78 is 20.8. The Morgan fingerprint density at radius 2 is 1.61 bits per heavy atom. The fourth-order valence-electron chi connectivity index (χ4n) is 5.01. The quantitative estimate of drug-likeness (QED) is 0.494. The van der Waals surface area contributed by atoms with Gasteiger partial charge in [-0.3, -0.25) is 4.79 Å². The molecule has 1 fully saturated rings. The second kappa shape index (κ2) is 8.63. The fraction of sp³-hybridized carbons (Fsp3) is 0.231. The molecule has 3 aromatic rings. The number of hydrogen-bond donors (Lipinski definition) is 1. The third-order valence-corrected chi connectivity index (χ3v) is 7.09. The summed E-state index contributed by atoms with van der Waals surface area (Å²) in [6, 6.07) is 20.7. The van der Waals surface area contributed by atoms with Crippen molar-refractivity contribution in [2.45, 2.75) is 11.8 Å². The Labute approximate surface area is 198 Å². The first-order valence-corrected chi connectivity index (χ1v) is 11.5. The molecular formula is C26H21BrFNO4. The van der Waals surface area contributed by atoms with Crippen LogP contribution in [0.2, 0.25) is 0 Å². The number of fused-ring (bicyclic) bond motifs is 3. The lowest BCUT2D eigenvalue weighted by molar-refractivity contribution is -0.141. The van der Waals surface area contributed by atoms with Gasteiger partial charge in [-0.2, -0.15) is 0 Å². The molecule has 1 saturated heterocycles. The highest BCUT2D eigenvalue weighted by atomic mass is 79.9. The first-order chi connectivity index (χ1) is 15.9. The van der Waals surface area contributed by atoms with Crippen LogP contribution >= 0.6 is 15.9 Å². The number of halogens is 2. The summed E-state index contributed by atoms with van der Waals surface area (Å²) in [6.45, 7) is 0.219. The van der Waals surface area contributed by atoms with Gasteiger partial charge in [0, 0.05) is 29.4 Å². The Balaban J connectivity index is 1.33. The molecule has 1 aliphatic heterocycles. The molecule has 168 valence electrons. The van der Waals surface area contributed by atoms with E-state index < -0.39 is 29.7 Å². The number of benzene rings is 3. The van der Waals surface area contributed by atoms with Gasteiger partial charge in [0.15, 0.2) is 0 Å². The average molecular weight is 510 g/mol. The number of amides is 1. The Morgan fingerprint density at radius 3 is 2.21 bits per heavy atom. The second-order valence-electron chi connectivity index (χ2n) is 8.43. The van der Waals surface area contributed by atoms with Gasteiger partial charge in [0.25, 0.3) is 0 Å². The monoisotopic (exact) mass is 509 g/mol. The maximum atomic E-state index is 14.5. The SMILES string of the molecule is O=C(O)[C@@H]1CN(C(=O)OCC2c3ccccc3-c3ccccc32)C[C@H]1c1ccc(Br)cc1F. The van der Waals surface area contributed by atoms with Gasteiger partial charge in [0.2, 0.25) is 0 Å². The van der Waals surface area contributed by atoms with Gasteiger partial charge in [0.05, 0.1) is 5.92 Å². The number of ether oxygens (including phenoxy) is 1. The van der Waals surface area contributed by atoms with Crippen molar-refractivity contribution in [2.75, 3.05) is 19.7 Å². The average Bonchev–Trinajstić information content (AvgIpc) is 3.38. The molecule has 1 amide bonds. The summed E-state index contributed by atoms with van der Waals surface area (Å²) in [5.74, 6) is -3.18. The topological polar surface area (TPSA) is 66.8 Å². The molecule has 0 aromatic heterocycles. The van der Waals surface area contributed by atoms with Crippen LogP contribution in [-0.2, 0) is 9.53 Å². The normalized spacial score (nSPS) is 19.3. The Bertz CT molecular complexity index is 1200. The lowest BCUT2D eigenvalue weighted by Gasteiger charge is -2.19. The van der Waals surface area contributed by atoms with E-state index in [9.17, 15) is 19.1 Å². The number of carboxylic acids is 1. The van der Waals surface area contributed by atoms with Crippen LogP contribution in [0.5, 0.6) is 0 Å². The first-order valence-electron chi connectivity index (χ1n) is 10.7. The highest BCUT2D eigenvalue weighted by Gasteiger charge is 2.42. The largest absolute Gasteiger partial charge is 0.481 e. The number of carbonyl (C=O) groups is 2. The van der Waals surface area contributed by atoms with Gasteiger partial charge in [-0.1, -0.05) is 70.5 Å². The second-order valence-corrected chi connectivity index (χ2v) is 9.34. The Kier molecular flexibility index (Phi) is 5.66. The number of carboxylic acid groups (broad SMARTS) is 1. The van der Waals surface area contributed by atoms with E-state index in [4.69, 9.17) is 4.74 Å². The van der Waals surface area contributed by atoms with Crippen molar-refractivity contribution in [3.05, 3.63) is 93.7 Å². The predicted octanol–water partition coefficient (Wildman–Crippen LogP) is 5.64. The molecule has 1 aliphatic carbocycles. The van der Waals surface area contributed by atoms with Crippen LogP contribution < -0.4 is 0 Å². The van der Waals surface area contributed by atoms with Crippen LogP contribution in [0.15, 0.2) is 71.2 Å². The van der Waals surface area contributed by atoms with Crippen LogP contribution in [0, 0.1) is 11.7 Å². The van der Waals surface area contributed by atoms with E-state index in [-0.39, 0.29) is 25.6 Å². The Morgan fingerprint density at radius 1 is 0.970 bits per heavy atom. The highest BCUT2D eigenvalue weighted by Crippen LogP contribution is 2.44. The molecule has 5 rings (SSSR count). The molecule has 0 bridgehead atoms. The summed E-state index contributed by atoms with van der Waals surface area (Å²) in [7, 11) is 0. The maximum absolute atomic E-state index is 14.5. The molecule has 0 saturated carbocycles. The molecule has 2 atom stereocenters. The van der Waals surface area contributed by atoms with E-state index in [0.29, 0.717) is 10.0 Å². The van der Waals surface area contributed by atoms with E-state index in [1.54, 1.807) is 12.1 Å².